The summed E-state index contributed by atoms with van der Waals surface area (Å²) in [5, 5.41) is 9.63. The monoisotopic (exact) mass is 408 g/mol. The number of carbonyl (C=O) groups is 1. The molecule has 0 amide bonds. The fourth-order valence-corrected chi connectivity index (χ4v) is 2.34. The summed E-state index contributed by atoms with van der Waals surface area (Å²) in [4.78, 5) is 11.3. The number of methoxy groups -OCH3 is 1. The zero-order valence-electron chi connectivity index (χ0n) is 14.5. The highest BCUT2D eigenvalue weighted by atomic mass is 32.1. The van der Waals surface area contributed by atoms with Gasteiger partial charge in [0.05, 0.1) is 13.3 Å². The van der Waals surface area contributed by atoms with Crippen LogP contribution in [0.4, 0.5) is 8.78 Å². The van der Waals surface area contributed by atoms with E-state index in [-0.39, 0.29) is 17.1 Å². The van der Waals surface area contributed by atoms with E-state index < -0.39 is 18.2 Å². The first-order valence-corrected chi connectivity index (χ1v) is 8.28. The van der Waals surface area contributed by atoms with Crippen molar-refractivity contribution in [1.29, 1.82) is 0 Å². The van der Waals surface area contributed by atoms with Crippen LogP contribution in [0.25, 0.3) is 0 Å². The van der Waals surface area contributed by atoms with E-state index >= 15 is 0 Å². The number of halogens is 2. The smallest absolute Gasteiger partial charge is 0.373 e. The van der Waals surface area contributed by atoms with Gasteiger partial charge in [0, 0.05) is 0 Å². The molecule has 0 spiro atoms. The second-order valence-electron chi connectivity index (χ2n) is 5.36. The van der Waals surface area contributed by atoms with Crippen molar-refractivity contribution in [3.05, 3.63) is 64.1 Å². The van der Waals surface area contributed by atoms with Gasteiger partial charge in [-0.15, -0.1) is 0 Å². The van der Waals surface area contributed by atoms with E-state index in [0.717, 1.165) is 4.68 Å². The van der Waals surface area contributed by atoms with Crippen LogP contribution in [0.1, 0.15) is 34.1 Å². The third-order valence-corrected chi connectivity index (χ3v) is 3.77. The van der Waals surface area contributed by atoms with Crippen LogP contribution < -0.4 is 4.74 Å². The second kappa shape index (κ2) is 8.57. The van der Waals surface area contributed by atoms with E-state index in [2.05, 4.69) is 20.0 Å². The Bertz CT molecular complexity index is 1040. The minimum atomic E-state index is -2.80. The first-order chi connectivity index (χ1) is 13.5. The second-order valence-corrected chi connectivity index (χ2v) is 5.75. The SMILES string of the molecule is COC(=O)c1ccc(COc2ccc(/C=N/n3c(C(F)F)n[nH]c3=S)cc2)o1. The molecule has 0 unspecified atom stereocenters. The van der Waals surface area contributed by atoms with Crippen LogP contribution in [0.5, 0.6) is 5.75 Å². The van der Waals surface area contributed by atoms with Gasteiger partial charge in [-0.25, -0.2) is 18.7 Å². The van der Waals surface area contributed by atoms with Crippen LogP contribution >= 0.6 is 12.2 Å². The van der Waals surface area contributed by atoms with Gasteiger partial charge in [0.15, 0.2) is 0 Å². The predicted octanol–water partition coefficient (Wildman–Crippen LogP) is 3.72. The van der Waals surface area contributed by atoms with Crippen molar-refractivity contribution in [2.45, 2.75) is 13.0 Å². The summed E-state index contributed by atoms with van der Waals surface area (Å²) in [5.41, 5.74) is 0.640. The number of nitrogens with zero attached hydrogens (tertiary/aromatic N) is 3. The number of furan rings is 1. The van der Waals surface area contributed by atoms with E-state index in [0.29, 0.717) is 17.1 Å². The minimum absolute atomic E-state index is 0.0312. The molecule has 0 aliphatic carbocycles. The van der Waals surface area contributed by atoms with Gasteiger partial charge in [-0.05, 0) is 54.2 Å². The number of carbonyl (C=O) groups excluding carboxylic acids is 1. The molecule has 3 aromatic rings. The van der Waals surface area contributed by atoms with E-state index in [1.165, 1.54) is 19.4 Å². The maximum absolute atomic E-state index is 12.8. The van der Waals surface area contributed by atoms with Crippen LogP contribution in [-0.4, -0.2) is 34.2 Å². The van der Waals surface area contributed by atoms with Gasteiger partial charge < -0.3 is 13.9 Å². The highest BCUT2D eigenvalue weighted by Crippen LogP contribution is 2.17. The summed E-state index contributed by atoms with van der Waals surface area (Å²) in [5.74, 6) is -0.0384. The summed E-state index contributed by atoms with van der Waals surface area (Å²) in [7, 11) is 1.26. The highest BCUT2D eigenvalue weighted by molar-refractivity contribution is 7.71. The normalized spacial score (nSPS) is 11.3. The fourth-order valence-electron chi connectivity index (χ4n) is 2.15. The summed E-state index contributed by atoms with van der Waals surface area (Å²) in [6, 6.07) is 9.84. The van der Waals surface area contributed by atoms with Crippen molar-refractivity contribution in [3.8, 4) is 5.75 Å². The zero-order chi connectivity index (χ0) is 20.1. The molecule has 146 valence electrons. The fraction of sp³-hybridized carbons (Fsp3) is 0.176. The summed E-state index contributed by atoms with van der Waals surface area (Å²) in [6.45, 7) is 0.117. The molecule has 3 rings (SSSR count). The van der Waals surface area contributed by atoms with E-state index in [1.807, 2.05) is 0 Å². The lowest BCUT2D eigenvalue weighted by Gasteiger charge is -2.04. The third kappa shape index (κ3) is 4.49. The standard InChI is InChI=1S/C17H14F2N4O4S/c1-25-16(24)13-7-6-12(27-13)9-26-11-4-2-10(3-5-11)8-20-23-15(14(18)19)21-22-17(23)28/h2-8,14H,9H2,1H3,(H,22,28)/b20-8+. The number of benzene rings is 1. The quantitative estimate of drug-likeness (QED) is 0.364. The highest BCUT2D eigenvalue weighted by Gasteiger charge is 2.16. The van der Waals surface area contributed by atoms with Gasteiger partial charge in [-0.3, -0.25) is 0 Å². The van der Waals surface area contributed by atoms with Crippen LogP contribution in [0, 0.1) is 4.77 Å². The molecular weight excluding hydrogens is 394 g/mol. The van der Waals surface area contributed by atoms with Gasteiger partial charge in [-0.1, -0.05) is 0 Å². The van der Waals surface area contributed by atoms with Crippen molar-refractivity contribution in [2.24, 2.45) is 5.10 Å². The Morgan fingerprint density at radius 3 is 2.79 bits per heavy atom. The zero-order valence-corrected chi connectivity index (χ0v) is 15.3. The number of esters is 1. The Balaban J connectivity index is 1.62. The van der Waals surface area contributed by atoms with Crippen LogP contribution in [0.3, 0.4) is 0 Å². The number of hydrogen-bond donors (Lipinski definition) is 1. The minimum Gasteiger partial charge on any atom is -0.486 e. The molecule has 0 aliphatic heterocycles. The molecular formula is C17H14F2N4O4S. The number of ether oxygens (including phenoxy) is 2. The van der Waals surface area contributed by atoms with Crippen molar-refractivity contribution in [3.63, 3.8) is 0 Å². The van der Waals surface area contributed by atoms with E-state index in [4.69, 9.17) is 21.4 Å². The lowest BCUT2D eigenvalue weighted by molar-refractivity contribution is 0.0561. The number of alkyl halides is 2. The molecule has 11 heteroatoms. The molecule has 0 aliphatic rings. The number of hydrogen-bond acceptors (Lipinski definition) is 7. The predicted molar refractivity (Wildman–Crippen MR) is 96.2 cm³/mol. The average molecular weight is 408 g/mol. The Morgan fingerprint density at radius 2 is 2.11 bits per heavy atom. The number of H-pyrrole nitrogens is 1. The van der Waals surface area contributed by atoms with Gasteiger partial charge in [0.2, 0.25) is 16.4 Å². The number of rotatable bonds is 7. The first kappa shape index (κ1) is 19.4. The lowest BCUT2D eigenvalue weighted by atomic mass is 10.2. The van der Waals surface area contributed by atoms with E-state index in [9.17, 15) is 13.6 Å². The molecule has 28 heavy (non-hydrogen) atoms. The number of nitrogens with one attached hydrogen (secondary N) is 1. The number of aromatic nitrogens is 3. The molecule has 2 aromatic heterocycles. The molecule has 8 nitrogen and oxygen atoms in total. The molecule has 0 bridgehead atoms. The van der Waals surface area contributed by atoms with Crippen LogP contribution in [0.2, 0.25) is 0 Å². The van der Waals surface area contributed by atoms with Crippen molar-refractivity contribution >= 4 is 24.4 Å². The van der Waals surface area contributed by atoms with Crippen LogP contribution in [-0.2, 0) is 11.3 Å². The largest absolute Gasteiger partial charge is 0.486 e. The van der Waals surface area contributed by atoms with Gasteiger partial charge in [0.25, 0.3) is 6.43 Å². The summed E-state index contributed by atoms with van der Waals surface area (Å²) in [6.07, 6.45) is -1.43. The molecule has 1 aromatic carbocycles. The molecule has 2 heterocycles. The number of aromatic amines is 1. The Hall–Kier alpha value is -3.34. The molecule has 0 atom stereocenters. The van der Waals surface area contributed by atoms with Crippen molar-refractivity contribution < 1.29 is 27.5 Å². The molecule has 0 radical (unpaired) electrons. The maximum Gasteiger partial charge on any atom is 0.373 e. The van der Waals surface area contributed by atoms with Gasteiger partial charge >= 0.3 is 5.97 Å². The molecule has 0 fully saturated rings. The summed E-state index contributed by atoms with van der Waals surface area (Å²) >= 11 is 4.87. The Morgan fingerprint density at radius 1 is 1.36 bits per heavy atom. The Kier molecular flexibility index (Phi) is 5.94. The molecule has 0 saturated heterocycles. The third-order valence-electron chi connectivity index (χ3n) is 3.50. The summed E-state index contributed by atoms with van der Waals surface area (Å²) < 4.78 is 41.9. The Labute approximate surface area is 162 Å². The topological polar surface area (TPSA) is 94.6 Å². The van der Waals surface area contributed by atoms with Crippen molar-refractivity contribution in [2.75, 3.05) is 7.11 Å². The van der Waals surface area contributed by atoms with Gasteiger partial charge in [-0.2, -0.15) is 14.9 Å². The van der Waals surface area contributed by atoms with E-state index in [1.54, 1.807) is 30.3 Å². The first-order valence-electron chi connectivity index (χ1n) is 7.87. The molecule has 0 saturated carbocycles. The molecule has 1 N–H and O–H groups in total. The lowest BCUT2D eigenvalue weighted by Crippen LogP contribution is -1.99. The van der Waals surface area contributed by atoms with Crippen LogP contribution in [0.15, 0.2) is 45.9 Å². The van der Waals surface area contributed by atoms with Gasteiger partial charge in [0.1, 0.15) is 18.1 Å². The maximum atomic E-state index is 12.8. The average Bonchev–Trinajstić information content (AvgIpc) is 3.31. The van der Waals surface area contributed by atoms with Crippen molar-refractivity contribution in [1.82, 2.24) is 14.9 Å².